The van der Waals surface area contributed by atoms with Gasteiger partial charge in [-0.05, 0) is 36.6 Å². The van der Waals surface area contributed by atoms with Crippen LogP contribution in [-0.2, 0) is 6.54 Å². The molecule has 0 spiro atoms. The number of ether oxygens (including phenoxy) is 2. The lowest BCUT2D eigenvalue weighted by Crippen LogP contribution is -2.35. The van der Waals surface area contributed by atoms with Crippen molar-refractivity contribution in [1.29, 1.82) is 0 Å². The number of fused-ring (bicyclic) bond motifs is 2. The number of halogens is 3. The molecule has 0 radical (unpaired) electrons. The fourth-order valence-electron chi connectivity index (χ4n) is 4.47. The van der Waals surface area contributed by atoms with Crippen LogP contribution in [0.5, 0.6) is 11.5 Å². The van der Waals surface area contributed by atoms with Gasteiger partial charge in [-0.25, -0.2) is 0 Å². The fraction of sp³-hybridized carbons (Fsp3) is 0.429. The van der Waals surface area contributed by atoms with E-state index >= 15 is 0 Å². The molecule has 2 fully saturated rings. The minimum Gasteiger partial charge on any atom is -0.496 e. The molecule has 2 heterocycles. The van der Waals surface area contributed by atoms with Gasteiger partial charge < -0.3 is 9.47 Å². The molecule has 150 valence electrons. The van der Waals surface area contributed by atoms with Crippen LogP contribution in [0.4, 0.5) is 13.2 Å². The second-order valence-electron chi connectivity index (χ2n) is 7.29. The number of methoxy groups -OCH3 is 1. The Hall–Kier alpha value is -2.25. The van der Waals surface area contributed by atoms with E-state index in [0.717, 1.165) is 26.1 Å². The van der Waals surface area contributed by atoms with Crippen molar-refractivity contribution in [2.75, 3.05) is 20.3 Å². The van der Waals surface area contributed by atoms with Crippen molar-refractivity contribution in [3.05, 3.63) is 59.7 Å². The normalized spacial score (nSPS) is 24.9. The maximum Gasteiger partial charge on any atom is 0.573 e. The average molecular weight is 392 g/mol. The van der Waals surface area contributed by atoms with E-state index in [1.54, 1.807) is 0 Å². The lowest BCUT2D eigenvalue weighted by atomic mass is 9.92. The Kier molecular flexibility index (Phi) is 5.21. The highest BCUT2D eigenvalue weighted by molar-refractivity contribution is 5.40. The molecule has 28 heavy (non-hydrogen) atoms. The highest BCUT2D eigenvalue weighted by Gasteiger charge is 2.43. The molecule has 7 heteroatoms. The van der Waals surface area contributed by atoms with Crippen molar-refractivity contribution < 1.29 is 22.6 Å². The maximum absolute atomic E-state index is 12.6. The molecule has 2 aromatic carbocycles. The first-order valence-electron chi connectivity index (χ1n) is 9.40. The van der Waals surface area contributed by atoms with Gasteiger partial charge >= 0.3 is 6.36 Å². The molecule has 2 aromatic rings. The van der Waals surface area contributed by atoms with Gasteiger partial charge in [0, 0.05) is 24.7 Å². The molecule has 2 aliphatic heterocycles. The third-order valence-electron chi connectivity index (χ3n) is 5.54. The smallest absolute Gasteiger partial charge is 0.496 e. The minimum absolute atomic E-state index is 0.217. The third kappa shape index (κ3) is 3.95. The van der Waals surface area contributed by atoms with Gasteiger partial charge in [0.1, 0.15) is 11.5 Å². The Balaban J connectivity index is 1.58. The molecule has 0 N–H and O–H groups in total. The van der Waals surface area contributed by atoms with Gasteiger partial charge in [-0.3, -0.25) is 9.80 Å². The van der Waals surface area contributed by atoms with Crippen LogP contribution in [0.3, 0.4) is 0 Å². The summed E-state index contributed by atoms with van der Waals surface area (Å²) in [5, 5.41) is 0. The molecular formula is C21H23F3N2O2. The quantitative estimate of drug-likeness (QED) is 0.744. The van der Waals surface area contributed by atoms with Crippen molar-refractivity contribution in [2.45, 2.75) is 37.8 Å². The average Bonchev–Trinajstić information content (AvgIpc) is 2.86. The number of piperidine rings is 1. The summed E-state index contributed by atoms with van der Waals surface area (Å²) in [7, 11) is 1.53. The highest BCUT2D eigenvalue weighted by Crippen LogP contribution is 2.41. The van der Waals surface area contributed by atoms with Crippen molar-refractivity contribution in [2.24, 2.45) is 0 Å². The number of hydrogen-bond donors (Lipinski definition) is 0. The zero-order chi connectivity index (χ0) is 19.7. The number of rotatable bonds is 5. The molecule has 4 rings (SSSR count). The van der Waals surface area contributed by atoms with Crippen LogP contribution in [0.25, 0.3) is 0 Å². The van der Waals surface area contributed by atoms with Crippen LogP contribution < -0.4 is 9.47 Å². The number of alkyl halides is 3. The van der Waals surface area contributed by atoms with E-state index in [1.165, 1.54) is 30.9 Å². The highest BCUT2D eigenvalue weighted by atomic mass is 19.4. The molecule has 2 aliphatic rings. The monoisotopic (exact) mass is 392 g/mol. The van der Waals surface area contributed by atoms with Gasteiger partial charge in [0.05, 0.1) is 19.8 Å². The summed E-state index contributed by atoms with van der Waals surface area (Å²) in [6.45, 7) is 2.33. The summed E-state index contributed by atoms with van der Waals surface area (Å²) in [4.78, 5) is 4.78. The maximum atomic E-state index is 12.6. The van der Waals surface area contributed by atoms with Gasteiger partial charge in [-0.15, -0.1) is 13.2 Å². The van der Waals surface area contributed by atoms with Gasteiger partial charge in [-0.2, -0.15) is 0 Å². The van der Waals surface area contributed by atoms with E-state index in [1.807, 2.05) is 6.07 Å². The van der Waals surface area contributed by atoms with Crippen LogP contribution in [0.1, 0.15) is 30.0 Å². The summed E-state index contributed by atoms with van der Waals surface area (Å²) in [5.41, 5.74) is 1.99. The molecule has 0 saturated carbocycles. The molecule has 3 atom stereocenters. The molecule has 4 nitrogen and oxygen atoms in total. The standard InChI is InChI=1S/C21H23F3N2O2/c1-27-19-10-9-17(28-21(22,23)24)12-16(19)13-26-14-25-11-5-8-18(26)20(25)15-6-3-2-4-7-15/h2-4,6-7,9-10,12,18,20H,5,8,11,13-14H2,1H3. The molecule has 0 amide bonds. The Morgan fingerprint density at radius 2 is 1.89 bits per heavy atom. The fourth-order valence-corrected chi connectivity index (χ4v) is 4.47. The first-order valence-corrected chi connectivity index (χ1v) is 9.40. The molecule has 0 aromatic heterocycles. The van der Waals surface area contributed by atoms with Crippen LogP contribution in [0.2, 0.25) is 0 Å². The third-order valence-corrected chi connectivity index (χ3v) is 5.54. The first kappa shape index (κ1) is 19.1. The number of benzene rings is 2. The van der Waals surface area contributed by atoms with E-state index in [4.69, 9.17) is 4.74 Å². The number of nitrogens with zero attached hydrogens (tertiary/aromatic N) is 2. The zero-order valence-corrected chi connectivity index (χ0v) is 15.7. The van der Waals surface area contributed by atoms with Crippen molar-refractivity contribution in [1.82, 2.24) is 9.80 Å². The lowest BCUT2D eigenvalue weighted by Gasteiger charge is -2.33. The molecule has 0 aliphatic carbocycles. The predicted molar refractivity (Wildman–Crippen MR) is 99.0 cm³/mol. The van der Waals surface area contributed by atoms with Gasteiger partial charge in [-0.1, -0.05) is 30.3 Å². The summed E-state index contributed by atoms with van der Waals surface area (Å²) >= 11 is 0. The first-order chi connectivity index (χ1) is 13.4. The van der Waals surface area contributed by atoms with E-state index in [-0.39, 0.29) is 5.75 Å². The lowest BCUT2D eigenvalue weighted by molar-refractivity contribution is -0.274. The molecule has 3 unspecified atom stereocenters. The van der Waals surface area contributed by atoms with Crippen molar-refractivity contribution >= 4 is 0 Å². The summed E-state index contributed by atoms with van der Waals surface area (Å²) in [6.07, 6.45) is -2.52. The van der Waals surface area contributed by atoms with E-state index < -0.39 is 6.36 Å². The van der Waals surface area contributed by atoms with Crippen LogP contribution in [0, 0.1) is 0 Å². The Bertz CT molecular complexity index is 813. The van der Waals surface area contributed by atoms with Crippen LogP contribution in [-0.4, -0.2) is 42.5 Å². The zero-order valence-electron chi connectivity index (χ0n) is 15.7. The number of hydrogen-bond acceptors (Lipinski definition) is 4. The SMILES string of the molecule is COc1ccc(OC(F)(F)F)cc1CN1CN2CCCC1C2c1ccccc1. The van der Waals surface area contributed by atoms with E-state index in [2.05, 4.69) is 38.8 Å². The Morgan fingerprint density at radius 1 is 1.11 bits per heavy atom. The second-order valence-corrected chi connectivity index (χ2v) is 7.29. The van der Waals surface area contributed by atoms with Gasteiger partial charge in [0.15, 0.2) is 0 Å². The molecule has 2 saturated heterocycles. The largest absolute Gasteiger partial charge is 0.573 e. The summed E-state index contributed by atoms with van der Waals surface area (Å²) < 4.78 is 47.3. The van der Waals surface area contributed by atoms with Crippen LogP contribution >= 0.6 is 0 Å². The minimum atomic E-state index is -4.71. The van der Waals surface area contributed by atoms with Crippen molar-refractivity contribution in [3.8, 4) is 11.5 Å². The van der Waals surface area contributed by atoms with Crippen molar-refractivity contribution in [3.63, 3.8) is 0 Å². The Morgan fingerprint density at radius 3 is 2.61 bits per heavy atom. The van der Waals surface area contributed by atoms with Gasteiger partial charge in [0.2, 0.25) is 0 Å². The molecule has 2 bridgehead atoms. The topological polar surface area (TPSA) is 24.9 Å². The second kappa shape index (κ2) is 7.64. The van der Waals surface area contributed by atoms with Crippen LogP contribution in [0.15, 0.2) is 48.5 Å². The summed E-state index contributed by atoms with van der Waals surface area (Å²) in [6, 6.07) is 15.3. The van der Waals surface area contributed by atoms with Gasteiger partial charge in [0.25, 0.3) is 0 Å². The predicted octanol–water partition coefficient (Wildman–Crippen LogP) is 4.57. The van der Waals surface area contributed by atoms with E-state index in [0.29, 0.717) is 29.9 Å². The Labute approximate surface area is 162 Å². The molecular weight excluding hydrogens is 369 g/mol. The summed E-state index contributed by atoms with van der Waals surface area (Å²) in [5.74, 6) is 0.354. The van der Waals surface area contributed by atoms with E-state index in [9.17, 15) is 13.2 Å².